The molecule has 0 saturated heterocycles. The fraction of sp³-hybridized carbons (Fsp3) is 0.200. The maximum absolute atomic E-state index is 12.7. The fourth-order valence-electron chi connectivity index (χ4n) is 2.18. The van der Waals surface area contributed by atoms with E-state index < -0.39 is 10.0 Å². The van der Waals surface area contributed by atoms with Crippen LogP contribution in [0.15, 0.2) is 53.9 Å². The van der Waals surface area contributed by atoms with Gasteiger partial charge in [0.1, 0.15) is 0 Å². The van der Waals surface area contributed by atoms with E-state index in [1.54, 1.807) is 36.4 Å². The third kappa shape index (κ3) is 2.55. The Labute approximate surface area is 119 Å². The van der Waals surface area contributed by atoms with Crippen molar-refractivity contribution in [3.05, 3.63) is 49.1 Å². The van der Waals surface area contributed by atoms with Gasteiger partial charge < -0.3 is 5.73 Å². The summed E-state index contributed by atoms with van der Waals surface area (Å²) in [6.45, 7) is 6.11. The number of hydrogen-bond acceptors (Lipinski definition) is 3. The summed E-state index contributed by atoms with van der Waals surface area (Å²) >= 11 is 0. The van der Waals surface area contributed by atoms with Crippen LogP contribution in [0.4, 0.5) is 5.69 Å². The Morgan fingerprint density at radius 2 is 2.05 bits per heavy atom. The van der Waals surface area contributed by atoms with Crippen LogP contribution in [0.5, 0.6) is 0 Å². The van der Waals surface area contributed by atoms with Gasteiger partial charge >= 0.3 is 0 Å². The molecule has 2 N–H and O–H groups in total. The Hall–Kier alpha value is -1.85. The van der Waals surface area contributed by atoms with Gasteiger partial charge in [0.2, 0.25) is 10.0 Å². The normalized spacial score (nSPS) is 11.9. The standard InChI is InChI=1S/C15H18N2O2S/c1-3-10-17(4-2)20(18,19)15-7-5-6-12-11-13(16)8-9-14(12)15/h3,5-9,11H,1,4,10,16H2,2H3. The van der Waals surface area contributed by atoms with Crippen LogP contribution < -0.4 is 5.73 Å². The number of likely N-dealkylation sites (N-methyl/N-ethyl adjacent to an activating group) is 1. The van der Waals surface area contributed by atoms with Gasteiger partial charge in [-0.3, -0.25) is 0 Å². The molecule has 0 amide bonds. The van der Waals surface area contributed by atoms with Gasteiger partial charge in [-0.05, 0) is 23.6 Å². The zero-order valence-electron chi connectivity index (χ0n) is 11.4. The molecule has 0 atom stereocenters. The fourth-order valence-corrected chi connectivity index (χ4v) is 3.81. The Morgan fingerprint density at radius 1 is 1.30 bits per heavy atom. The van der Waals surface area contributed by atoms with Crippen molar-refractivity contribution in [2.24, 2.45) is 0 Å². The van der Waals surface area contributed by atoms with Crippen LogP contribution in [0.2, 0.25) is 0 Å². The van der Waals surface area contributed by atoms with E-state index in [0.29, 0.717) is 29.1 Å². The largest absolute Gasteiger partial charge is 0.399 e. The quantitative estimate of drug-likeness (QED) is 0.680. The molecule has 106 valence electrons. The van der Waals surface area contributed by atoms with Crippen molar-refractivity contribution in [2.45, 2.75) is 11.8 Å². The van der Waals surface area contributed by atoms with Gasteiger partial charge in [0.15, 0.2) is 0 Å². The molecule has 0 bridgehead atoms. The summed E-state index contributed by atoms with van der Waals surface area (Å²) in [5, 5.41) is 1.50. The predicted octanol–water partition coefficient (Wildman–Crippen LogP) is 2.62. The first-order valence-electron chi connectivity index (χ1n) is 6.40. The van der Waals surface area contributed by atoms with E-state index in [1.165, 1.54) is 4.31 Å². The molecule has 0 saturated carbocycles. The van der Waals surface area contributed by atoms with Gasteiger partial charge in [-0.1, -0.05) is 31.2 Å². The second-order valence-electron chi connectivity index (χ2n) is 4.48. The van der Waals surface area contributed by atoms with E-state index in [-0.39, 0.29) is 0 Å². The summed E-state index contributed by atoms with van der Waals surface area (Å²) in [6, 6.07) is 10.5. The lowest BCUT2D eigenvalue weighted by Gasteiger charge is -2.19. The molecule has 0 aromatic heterocycles. The van der Waals surface area contributed by atoms with Gasteiger partial charge in [-0.25, -0.2) is 8.42 Å². The molecule has 0 heterocycles. The van der Waals surface area contributed by atoms with Crippen LogP contribution >= 0.6 is 0 Å². The molecule has 0 fully saturated rings. The Kier molecular flexibility index (Phi) is 4.11. The van der Waals surface area contributed by atoms with Crippen molar-refractivity contribution >= 4 is 26.5 Å². The lowest BCUT2D eigenvalue weighted by molar-refractivity contribution is 0.460. The van der Waals surface area contributed by atoms with Crippen LogP contribution in [0.1, 0.15) is 6.92 Å². The summed E-state index contributed by atoms with van der Waals surface area (Å²) in [7, 11) is -3.53. The van der Waals surface area contributed by atoms with Gasteiger partial charge in [0, 0.05) is 24.2 Å². The maximum atomic E-state index is 12.7. The molecule has 0 unspecified atom stereocenters. The number of nitrogens with zero attached hydrogens (tertiary/aromatic N) is 1. The summed E-state index contributed by atoms with van der Waals surface area (Å²) in [4.78, 5) is 0.304. The molecule has 2 rings (SSSR count). The SMILES string of the molecule is C=CCN(CC)S(=O)(=O)c1cccc2cc(N)ccc12. The van der Waals surface area contributed by atoms with E-state index in [4.69, 9.17) is 5.73 Å². The van der Waals surface area contributed by atoms with Gasteiger partial charge in [-0.2, -0.15) is 4.31 Å². The van der Waals surface area contributed by atoms with Crippen LogP contribution in [0, 0.1) is 0 Å². The summed E-state index contributed by atoms with van der Waals surface area (Å²) in [5.74, 6) is 0. The minimum atomic E-state index is -3.53. The van der Waals surface area contributed by atoms with Crippen LogP contribution in [-0.4, -0.2) is 25.8 Å². The lowest BCUT2D eigenvalue weighted by atomic mass is 10.1. The number of nitrogen functional groups attached to an aromatic ring is 1. The van der Waals surface area contributed by atoms with Crippen molar-refractivity contribution in [2.75, 3.05) is 18.8 Å². The number of anilines is 1. The highest BCUT2D eigenvalue weighted by atomic mass is 32.2. The first-order chi connectivity index (χ1) is 9.50. The minimum Gasteiger partial charge on any atom is -0.399 e. The summed E-state index contributed by atoms with van der Waals surface area (Å²) in [5.41, 5.74) is 6.36. The van der Waals surface area contributed by atoms with E-state index >= 15 is 0 Å². The third-order valence-electron chi connectivity index (χ3n) is 3.17. The summed E-state index contributed by atoms with van der Waals surface area (Å²) in [6.07, 6.45) is 1.59. The summed E-state index contributed by atoms with van der Waals surface area (Å²) < 4.78 is 26.8. The lowest BCUT2D eigenvalue weighted by Crippen LogP contribution is -2.31. The number of sulfonamides is 1. The molecule has 4 nitrogen and oxygen atoms in total. The van der Waals surface area contributed by atoms with E-state index in [9.17, 15) is 8.42 Å². The van der Waals surface area contributed by atoms with Gasteiger partial charge in [0.05, 0.1) is 4.90 Å². The zero-order valence-corrected chi connectivity index (χ0v) is 12.2. The van der Waals surface area contributed by atoms with Gasteiger partial charge in [-0.15, -0.1) is 6.58 Å². The monoisotopic (exact) mass is 290 g/mol. The Bertz CT molecular complexity index is 739. The van der Waals surface area contributed by atoms with Crippen molar-refractivity contribution in [1.82, 2.24) is 4.31 Å². The average molecular weight is 290 g/mol. The molecule has 20 heavy (non-hydrogen) atoms. The van der Waals surface area contributed by atoms with E-state index in [2.05, 4.69) is 6.58 Å². The first-order valence-corrected chi connectivity index (χ1v) is 7.84. The average Bonchev–Trinajstić information content (AvgIpc) is 2.43. The molecule has 0 spiro atoms. The second-order valence-corrected chi connectivity index (χ2v) is 6.39. The Morgan fingerprint density at radius 3 is 2.70 bits per heavy atom. The highest BCUT2D eigenvalue weighted by Crippen LogP contribution is 2.27. The molecule has 2 aromatic rings. The first kappa shape index (κ1) is 14.6. The van der Waals surface area contributed by atoms with Crippen LogP contribution in [0.3, 0.4) is 0 Å². The molecule has 0 aliphatic carbocycles. The van der Waals surface area contributed by atoms with Crippen molar-refractivity contribution < 1.29 is 8.42 Å². The number of fused-ring (bicyclic) bond motifs is 1. The number of benzene rings is 2. The van der Waals surface area contributed by atoms with E-state index in [1.807, 2.05) is 13.0 Å². The topological polar surface area (TPSA) is 63.4 Å². The van der Waals surface area contributed by atoms with Crippen molar-refractivity contribution in [3.8, 4) is 0 Å². The van der Waals surface area contributed by atoms with Crippen LogP contribution in [-0.2, 0) is 10.0 Å². The molecule has 0 aliphatic heterocycles. The van der Waals surface area contributed by atoms with Crippen LogP contribution in [0.25, 0.3) is 10.8 Å². The minimum absolute atomic E-state index is 0.296. The predicted molar refractivity (Wildman–Crippen MR) is 83.0 cm³/mol. The highest BCUT2D eigenvalue weighted by molar-refractivity contribution is 7.89. The number of nitrogens with two attached hydrogens (primary N) is 1. The molecule has 0 radical (unpaired) electrons. The molecule has 0 aliphatic rings. The Balaban J connectivity index is 2.65. The number of hydrogen-bond donors (Lipinski definition) is 1. The maximum Gasteiger partial charge on any atom is 0.243 e. The third-order valence-corrected chi connectivity index (χ3v) is 5.17. The number of rotatable bonds is 5. The van der Waals surface area contributed by atoms with Crippen molar-refractivity contribution in [1.29, 1.82) is 0 Å². The molecule has 5 heteroatoms. The molecular formula is C15H18N2O2S. The van der Waals surface area contributed by atoms with E-state index in [0.717, 1.165) is 5.39 Å². The molecular weight excluding hydrogens is 272 g/mol. The zero-order chi connectivity index (χ0) is 14.8. The molecule has 2 aromatic carbocycles. The van der Waals surface area contributed by atoms with Gasteiger partial charge in [0.25, 0.3) is 0 Å². The van der Waals surface area contributed by atoms with Crippen molar-refractivity contribution in [3.63, 3.8) is 0 Å². The second kappa shape index (κ2) is 5.64. The highest BCUT2D eigenvalue weighted by Gasteiger charge is 2.23. The smallest absolute Gasteiger partial charge is 0.243 e.